The zero-order valence-electron chi connectivity index (χ0n) is 13.3. The van der Waals surface area contributed by atoms with Crippen LogP contribution < -0.4 is 9.44 Å². The number of benzene rings is 2. The van der Waals surface area contributed by atoms with Gasteiger partial charge < -0.3 is 0 Å². The number of rotatable bonds is 6. The quantitative estimate of drug-likeness (QED) is 0.757. The summed E-state index contributed by atoms with van der Waals surface area (Å²) >= 11 is 5.82. The number of nitrogens with zero attached hydrogens (tertiary/aromatic N) is 1. The molecule has 0 spiro atoms. The molecule has 2 N–H and O–H groups in total. The van der Waals surface area contributed by atoms with E-state index in [-0.39, 0.29) is 32.1 Å². The fourth-order valence-corrected chi connectivity index (χ4v) is 4.69. The van der Waals surface area contributed by atoms with Gasteiger partial charge in [-0.05, 0) is 55.3 Å². The molecule has 136 valence electrons. The summed E-state index contributed by atoms with van der Waals surface area (Å²) in [4.78, 5) is -0.0991. The molecule has 0 bridgehead atoms. The molecule has 0 aliphatic heterocycles. The third-order valence-corrected chi connectivity index (χ3v) is 6.95. The van der Waals surface area contributed by atoms with Crippen LogP contribution in [0.2, 0.25) is 5.02 Å². The molecule has 26 heavy (non-hydrogen) atoms. The third-order valence-electron chi connectivity index (χ3n) is 3.68. The number of nitriles is 1. The first-order valence-electron chi connectivity index (χ1n) is 7.56. The maximum Gasteiger partial charge on any atom is 0.261 e. The van der Waals surface area contributed by atoms with Crippen molar-refractivity contribution < 1.29 is 16.8 Å². The van der Waals surface area contributed by atoms with Gasteiger partial charge in [-0.15, -0.1) is 0 Å². The normalized spacial score (nSPS) is 14.6. The van der Waals surface area contributed by atoms with Gasteiger partial charge in [0.05, 0.1) is 26.1 Å². The van der Waals surface area contributed by atoms with Crippen LogP contribution in [0.5, 0.6) is 0 Å². The van der Waals surface area contributed by atoms with Crippen molar-refractivity contribution in [1.29, 1.82) is 5.26 Å². The van der Waals surface area contributed by atoms with Crippen molar-refractivity contribution in [3.05, 3.63) is 53.1 Å². The number of hydrogen-bond donors (Lipinski definition) is 2. The molecular formula is C16H14ClN3O4S2. The first-order chi connectivity index (χ1) is 12.2. The van der Waals surface area contributed by atoms with Crippen LogP contribution in [-0.4, -0.2) is 22.9 Å². The van der Waals surface area contributed by atoms with Crippen LogP contribution in [0.1, 0.15) is 18.4 Å². The minimum atomic E-state index is -3.94. The molecule has 0 radical (unpaired) electrons. The summed E-state index contributed by atoms with van der Waals surface area (Å²) in [5.41, 5.74) is 0.317. The molecule has 2 aromatic carbocycles. The van der Waals surface area contributed by atoms with Gasteiger partial charge in [0.15, 0.2) is 0 Å². The number of anilines is 1. The summed E-state index contributed by atoms with van der Waals surface area (Å²) in [6, 6.07) is 10.9. The Kier molecular flexibility index (Phi) is 4.94. The minimum Gasteiger partial charge on any atom is -0.280 e. The number of nitrogens with one attached hydrogen (secondary N) is 2. The molecule has 7 nitrogen and oxygen atoms in total. The highest BCUT2D eigenvalue weighted by Gasteiger charge is 2.28. The first kappa shape index (κ1) is 18.7. The Balaban J connectivity index is 1.82. The lowest BCUT2D eigenvalue weighted by Gasteiger charge is -2.10. The smallest absolute Gasteiger partial charge is 0.261 e. The second-order valence-electron chi connectivity index (χ2n) is 5.78. The molecule has 3 rings (SSSR count). The highest BCUT2D eigenvalue weighted by atomic mass is 35.5. The molecule has 0 amide bonds. The van der Waals surface area contributed by atoms with Gasteiger partial charge in [0.1, 0.15) is 6.07 Å². The molecule has 1 aliphatic rings. The van der Waals surface area contributed by atoms with E-state index in [0.717, 1.165) is 12.8 Å². The Labute approximate surface area is 156 Å². The summed E-state index contributed by atoms with van der Waals surface area (Å²) in [5, 5.41) is 9.17. The van der Waals surface area contributed by atoms with Gasteiger partial charge in [-0.1, -0.05) is 11.6 Å². The highest BCUT2D eigenvalue weighted by molar-refractivity contribution is 7.92. The minimum absolute atomic E-state index is 0.00149. The molecule has 0 atom stereocenters. The largest absolute Gasteiger partial charge is 0.280 e. The van der Waals surface area contributed by atoms with Crippen molar-refractivity contribution in [3.63, 3.8) is 0 Å². The lowest BCUT2D eigenvalue weighted by Crippen LogP contribution is -2.25. The second-order valence-corrected chi connectivity index (χ2v) is 9.58. The summed E-state index contributed by atoms with van der Waals surface area (Å²) < 4.78 is 54.0. The fraction of sp³-hybridized carbons (Fsp3) is 0.188. The molecule has 0 saturated heterocycles. The summed E-state index contributed by atoms with van der Waals surface area (Å²) in [5.74, 6) is 0. The number of sulfonamides is 2. The van der Waals surface area contributed by atoms with E-state index in [2.05, 4.69) is 9.44 Å². The van der Waals surface area contributed by atoms with Crippen molar-refractivity contribution in [1.82, 2.24) is 4.72 Å². The first-order valence-corrected chi connectivity index (χ1v) is 10.9. The van der Waals surface area contributed by atoms with E-state index >= 15 is 0 Å². The van der Waals surface area contributed by atoms with E-state index in [0.29, 0.717) is 0 Å². The van der Waals surface area contributed by atoms with Gasteiger partial charge in [0.25, 0.3) is 10.0 Å². The molecule has 1 aliphatic carbocycles. The molecule has 1 saturated carbocycles. The van der Waals surface area contributed by atoms with Crippen LogP contribution in [-0.2, 0) is 20.0 Å². The Morgan fingerprint density at radius 3 is 2.08 bits per heavy atom. The number of halogens is 1. The van der Waals surface area contributed by atoms with Crippen molar-refractivity contribution in [3.8, 4) is 6.07 Å². The monoisotopic (exact) mass is 411 g/mol. The second kappa shape index (κ2) is 6.89. The van der Waals surface area contributed by atoms with Crippen LogP contribution in [0.15, 0.2) is 52.3 Å². The van der Waals surface area contributed by atoms with Crippen molar-refractivity contribution >= 4 is 37.3 Å². The molecule has 1 fully saturated rings. The SMILES string of the molecule is N#Cc1cc(NS(=O)(=O)c2ccc(S(=O)(=O)NC3CC3)cc2)ccc1Cl. The van der Waals surface area contributed by atoms with Crippen LogP contribution >= 0.6 is 11.6 Å². The topological polar surface area (TPSA) is 116 Å². The van der Waals surface area contributed by atoms with Crippen LogP contribution in [0.4, 0.5) is 5.69 Å². The third kappa shape index (κ3) is 4.16. The van der Waals surface area contributed by atoms with Gasteiger partial charge >= 0.3 is 0 Å². The van der Waals surface area contributed by atoms with Gasteiger partial charge in [0, 0.05) is 6.04 Å². The maximum absolute atomic E-state index is 12.4. The molecule has 0 aromatic heterocycles. The maximum atomic E-state index is 12.4. The predicted molar refractivity (Wildman–Crippen MR) is 96.8 cm³/mol. The van der Waals surface area contributed by atoms with Crippen molar-refractivity contribution in [2.45, 2.75) is 28.7 Å². The van der Waals surface area contributed by atoms with Crippen molar-refractivity contribution in [2.24, 2.45) is 0 Å². The van der Waals surface area contributed by atoms with E-state index in [1.54, 1.807) is 0 Å². The van der Waals surface area contributed by atoms with E-state index in [1.807, 2.05) is 6.07 Å². The Hall–Kier alpha value is -2.12. The fourth-order valence-electron chi connectivity index (χ4n) is 2.18. The van der Waals surface area contributed by atoms with Crippen LogP contribution in [0, 0.1) is 11.3 Å². The van der Waals surface area contributed by atoms with Gasteiger partial charge in [-0.3, -0.25) is 4.72 Å². The van der Waals surface area contributed by atoms with Gasteiger partial charge in [-0.2, -0.15) is 5.26 Å². The average molecular weight is 412 g/mol. The Bertz CT molecular complexity index is 1090. The molecule has 10 heteroatoms. The summed E-state index contributed by atoms with van der Waals surface area (Å²) in [7, 11) is -7.59. The Morgan fingerprint density at radius 1 is 0.962 bits per heavy atom. The van der Waals surface area contributed by atoms with Gasteiger partial charge in [0.2, 0.25) is 10.0 Å². The predicted octanol–water partition coefficient (Wildman–Crippen LogP) is 2.45. The van der Waals surface area contributed by atoms with E-state index in [9.17, 15) is 16.8 Å². The molecule has 0 heterocycles. The number of hydrogen-bond acceptors (Lipinski definition) is 5. The summed E-state index contributed by atoms with van der Waals surface area (Å²) in [6.45, 7) is 0. The van der Waals surface area contributed by atoms with Gasteiger partial charge in [-0.25, -0.2) is 21.6 Å². The standard InChI is InChI=1S/C16H14ClN3O4S2/c17-16-8-3-13(9-11(16)10-18)20-26(23,24)15-6-4-14(5-7-15)25(21,22)19-12-1-2-12/h3-9,12,19-20H,1-2H2. The Morgan fingerprint density at radius 2 is 1.54 bits per heavy atom. The van der Waals surface area contributed by atoms with E-state index in [1.165, 1.54) is 42.5 Å². The molecule has 2 aromatic rings. The van der Waals surface area contributed by atoms with Crippen molar-refractivity contribution in [2.75, 3.05) is 4.72 Å². The molecular weight excluding hydrogens is 398 g/mol. The summed E-state index contributed by atoms with van der Waals surface area (Å²) in [6.07, 6.45) is 1.61. The lowest BCUT2D eigenvalue weighted by atomic mass is 10.2. The highest BCUT2D eigenvalue weighted by Crippen LogP contribution is 2.24. The van der Waals surface area contributed by atoms with E-state index in [4.69, 9.17) is 16.9 Å². The van der Waals surface area contributed by atoms with Crippen LogP contribution in [0.3, 0.4) is 0 Å². The van der Waals surface area contributed by atoms with E-state index < -0.39 is 20.0 Å². The lowest BCUT2D eigenvalue weighted by molar-refractivity contribution is 0.580. The zero-order chi connectivity index (χ0) is 18.9. The zero-order valence-corrected chi connectivity index (χ0v) is 15.7. The molecule has 0 unspecified atom stereocenters. The van der Waals surface area contributed by atoms with Crippen LogP contribution in [0.25, 0.3) is 0 Å². The average Bonchev–Trinajstić information content (AvgIpc) is 3.40.